The van der Waals surface area contributed by atoms with Crippen LogP contribution in [0.3, 0.4) is 0 Å². The summed E-state index contributed by atoms with van der Waals surface area (Å²) in [6.45, 7) is 13.3. The molecule has 0 unspecified atom stereocenters. The third-order valence-electron chi connectivity index (χ3n) is 3.00. The number of methoxy groups -OCH3 is 1. The molecule has 0 aromatic heterocycles. The molecule has 164 valence electrons. The molecule has 0 radical (unpaired) electrons. The van der Waals surface area contributed by atoms with Gasteiger partial charge in [0.05, 0.1) is 7.11 Å². The van der Waals surface area contributed by atoms with Crippen molar-refractivity contribution in [3.63, 3.8) is 0 Å². The van der Waals surface area contributed by atoms with Crippen molar-refractivity contribution < 1.29 is 47.8 Å². The van der Waals surface area contributed by atoms with Crippen LogP contribution in [0.5, 0.6) is 0 Å². The second kappa shape index (κ2) is 14.9. The number of benzene rings is 1. The number of hydrogen-bond acceptors (Lipinski definition) is 6. The standard InChI is InChI=1S/C16H20O6.C6H14N.Li/c1-16(2,3)22-14(18)12(17)13(15(19)20-4)21-10-11-8-6-5-7-9-11;1-5(2)7-6(3)4;/h5-9,17H,10H2,1-4H3;5-6H,1-4H3;/q;-1;+1/b13-12+;;. The summed E-state index contributed by atoms with van der Waals surface area (Å²) in [4.78, 5) is 23.5. The number of aliphatic hydroxyl groups is 1. The molecule has 0 aliphatic heterocycles. The van der Waals surface area contributed by atoms with E-state index in [0.29, 0.717) is 12.1 Å². The summed E-state index contributed by atoms with van der Waals surface area (Å²) in [7, 11) is 1.12. The van der Waals surface area contributed by atoms with Crippen LogP contribution in [-0.2, 0) is 30.4 Å². The third kappa shape index (κ3) is 14.1. The van der Waals surface area contributed by atoms with Gasteiger partial charge < -0.3 is 24.6 Å². The van der Waals surface area contributed by atoms with Crippen molar-refractivity contribution in [2.75, 3.05) is 7.11 Å². The monoisotopic (exact) mass is 415 g/mol. The Kier molecular flexibility index (Phi) is 15.1. The Morgan fingerprint density at radius 2 is 1.50 bits per heavy atom. The Labute approximate surface area is 192 Å². The van der Waals surface area contributed by atoms with Gasteiger partial charge in [-0.25, -0.2) is 9.59 Å². The average Bonchev–Trinajstić information content (AvgIpc) is 2.60. The topological polar surface area (TPSA) is 96.2 Å². The molecule has 0 heterocycles. The summed E-state index contributed by atoms with van der Waals surface area (Å²) in [6.07, 6.45) is 0. The van der Waals surface area contributed by atoms with E-state index in [2.05, 4.69) is 37.7 Å². The van der Waals surface area contributed by atoms with Crippen LogP contribution in [0.1, 0.15) is 54.0 Å². The van der Waals surface area contributed by atoms with E-state index in [9.17, 15) is 14.7 Å². The molecule has 0 atom stereocenters. The molecule has 0 bridgehead atoms. The number of esters is 2. The Morgan fingerprint density at radius 1 is 1.00 bits per heavy atom. The quantitative estimate of drug-likeness (QED) is 0.315. The molecular weight excluding hydrogens is 381 g/mol. The number of carbonyl (C=O) groups excluding carboxylic acids is 2. The Hall–Kier alpha value is -1.94. The molecule has 0 aliphatic carbocycles. The van der Waals surface area contributed by atoms with Crippen molar-refractivity contribution in [1.82, 2.24) is 0 Å². The van der Waals surface area contributed by atoms with E-state index >= 15 is 0 Å². The molecule has 1 N–H and O–H groups in total. The van der Waals surface area contributed by atoms with E-state index in [1.54, 1.807) is 45.0 Å². The van der Waals surface area contributed by atoms with Crippen molar-refractivity contribution >= 4 is 11.9 Å². The van der Waals surface area contributed by atoms with E-state index in [-0.39, 0.29) is 25.5 Å². The molecule has 8 heteroatoms. The second-order valence-electron chi connectivity index (χ2n) is 7.78. The van der Waals surface area contributed by atoms with Crippen molar-refractivity contribution in [2.45, 2.75) is 72.8 Å². The Balaban J connectivity index is 0. The summed E-state index contributed by atoms with van der Waals surface area (Å²) in [5.74, 6) is -3.52. The first-order valence-electron chi connectivity index (χ1n) is 9.49. The molecule has 7 nitrogen and oxygen atoms in total. The van der Waals surface area contributed by atoms with Crippen molar-refractivity contribution in [2.24, 2.45) is 0 Å². The summed E-state index contributed by atoms with van der Waals surface area (Å²) in [6, 6.07) is 9.99. The van der Waals surface area contributed by atoms with E-state index in [1.807, 2.05) is 6.07 Å². The van der Waals surface area contributed by atoms with E-state index in [1.165, 1.54) is 0 Å². The molecule has 1 aromatic rings. The minimum Gasteiger partial charge on any atom is -0.658 e. The van der Waals surface area contributed by atoms with E-state index in [0.717, 1.165) is 12.7 Å². The minimum atomic E-state index is -1.05. The number of nitrogens with zero attached hydrogens (tertiary/aromatic N) is 1. The molecule has 0 fully saturated rings. The summed E-state index contributed by atoms with van der Waals surface area (Å²) < 4.78 is 14.7. The second-order valence-corrected chi connectivity index (χ2v) is 7.78. The van der Waals surface area contributed by atoms with Crippen LogP contribution in [0.2, 0.25) is 0 Å². The van der Waals surface area contributed by atoms with Gasteiger partial charge in [-0.05, 0) is 26.3 Å². The average molecular weight is 415 g/mol. The van der Waals surface area contributed by atoms with Crippen molar-refractivity contribution in [3.05, 3.63) is 52.7 Å². The number of ether oxygens (including phenoxy) is 3. The maximum Gasteiger partial charge on any atom is 1.00 e. The van der Waals surface area contributed by atoms with Gasteiger partial charge in [0.25, 0.3) is 11.5 Å². The molecule has 0 spiro atoms. The number of rotatable bonds is 7. The first-order chi connectivity index (χ1) is 13.4. The number of aliphatic hydroxyl groups excluding tert-OH is 1. The molecular formula is C22H34LiNO6. The molecule has 0 amide bonds. The number of hydrogen-bond donors (Lipinski definition) is 1. The predicted molar refractivity (Wildman–Crippen MR) is 112 cm³/mol. The maximum absolute atomic E-state index is 11.8. The largest absolute Gasteiger partial charge is 1.00 e. The van der Waals surface area contributed by atoms with E-state index in [4.69, 9.17) is 9.47 Å². The van der Waals surface area contributed by atoms with Gasteiger partial charge in [-0.2, -0.15) is 0 Å². The van der Waals surface area contributed by atoms with Crippen LogP contribution < -0.4 is 18.9 Å². The van der Waals surface area contributed by atoms with Crippen molar-refractivity contribution in [3.8, 4) is 0 Å². The predicted octanol–water partition coefficient (Wildman–Crippen LogP) is 1.67. The molecule has 0 aliphatic rings. The zero-order chi connectivity index (χ0) is 22.6. The van der Waals surface area contributed by atoms with Gasteiger partial charge in [-0.15, -0.1) is 12.1 Å². The fourth-order valence-electron chi connectivity index (χ4n) is 2.06. The SMILES string of the molecule is CC(C)[N-]C(C)C.COC(=O)/C(OCc1ccccc1)=C(\O)C(=O)OC(C)(C)C.[Li+]. The maximum atomic E-state index is 11.8. The van der Waals surface area contributed by atoms with Gasteiger partial charge in [0.2, 0.25) is 0 Å². The van der Waals surface area contributed by atoms with Crippen molar-refractivity contribution in [1.29, 1.82) is 0 Å². The van der Waals surface area contributed by atoms with E-state index < -0.39 is 29.1 Å². The van der Waals surface area contributed by atoms with Gasteiger partial charge >= 0.3 is 30.8 Å². The molecule has 0 saturated heterocycles. The summed E-state index contributed by atoms with van der Waals surface area (Å²) in [5.41, 5.74) is -0.0491. The molecule has 1 rings (SSSR count). The zero-order valence-corrected chi connectivity index (χ0v) is 19.7. The van der Waals surface area contributed by atoms with Gasteiger partial charge in [-0.3, -0.25) is 0 Å². The minimum absolute atomic E-state index is 0. The van der Waals surface area contributed by atoms with Crippen LogP contribution >= 0.6 is 0 Å². The van der Waals surface area contributed by atoms with Crippen LogP contribution in [0.4, 0.5) is 0 Å². The fraction of sp³-hybridized carbons (Fsp3) is 0.545. The number of carbonyl (C=O) groups is 2. The Bertz CT molecular complexity index is 660. The molecule has 0 saturated carbocycles. The summed E-state index contributed by atoms with van der Waals surface area (Å²) in [5, 5.41) is 14.2. The van der Waals surface area contributed by atoms with Gasteiger partial charge in [0, 0.05) is 0 Å². The summed E-state index contributed by atoms with van der Waals surface area (Å²) >= 11 is 0. The first kappa shape index (κ1) is 30.3. The normalized spacial score (nSPS) is 11.5. The Morgan fingerprint density at radius 3 is 1.87 bits per heavy atom. The zero-order valence-electron chi connectivity index (χ0n) is 19.7. The smallest absolute Gasteiger partial charge is 0.658 e. The van der Waals surface area contributed by atoms with Gasteiger partial charge in [0.1, 0.15) is 12.2 Å². The van der Waals surface area contributed by atoms with Crippen LogP contribution in [0.15, 0.2) is 41.9 Å². The molecule has 30 heavy (non-hydrogen) atoms. The van der Waals surface area contributed by atoms with Crippen LogP contribution in [0.25, 0.3) is 5.32 Å². The van der Waals surface area contributed by atoms with Crippen LogP contribution in [0, 0.1) is 0 Å². The first-order valence-corrected chi connectivity index (χ1v) is 9.49. The van der Waals surface area contributed by atoms with Crippen LogP contribution in [-0.4, -0.2) is 41.8 Å². The molecule has 1 aromatic carbocycles. The van der Waals surface area contributed by atoms with Gasteiger partial charge in [-0.1, -0.05) is 58.0 Å². The fourth-order valence-corrected chi connectivity index (χ4v) is 2.06. The van der Waals surface area contributed by atoms with Gasteiger partial charge in [0.15, 0.2) is 0 Å². The third-order valence-corrected chi connectivity index (χ3v) is 3.00.